The van der Waals surface area contributed by atoms with Crippen molar-refractivity contribution in [3.8, 4) is 0 Å². The van der Waals surface area contributed by atoms with Crippen molar-refractivity contribution < 1.29 is 14.3 Å². The van der Waals surface area contributed by atoms with Gasteiger partial charge in [-0.1, -0.05) is 28.9 Å². The predicted molar refractivity (Wildman–Crippen MR) is 97.5 cm³/mol. The molecule has 132 valence electrons. The maximum absolute atomic E-state index is 12.4. The third-order valence-electron chi connectivity index (χ3n) is 2.91. The van der Waals surface area contributed by atoms with Gasteiger partial charge in [0.25, 0.3) is 0 Å². The van der Waals surface area contributed by atoms with E-state index in [4.69, 9.17) is 4.74 Å². The Balaban J connectivity index is 4.95. The highest BCUT2D eigenvalue weighted by atomic mass is 79.9. The second kappa shape index (κ2) is 11.3. The van der Waals surface area contributed by atoms with E-state index in [1.54, 1.807) is 4.90 Å². The van der Waals surface area contributed by atoms with Crippen molar-refractivity contribution in [3.05, 3.63) is 22.2 Å². The van der Waals surface area contributed by atoms with Crippen LogP contribution in [0.4, 0.5) is 4.79 Å². The monoisotopic (exact) mass is 388 g/mol. The van der Waals surface area contributed by atoms with Gasteiger partial charge in [0.2, 0.25) is 6.41 Å². The van der Waals surface area contributed by atoms with E-state index in [1.165, 1.54) is 0 Å². The van der Waals surface area contributed by atoms with Crippen molar-refractivity contribution >= 4 is 28.4 Å². The van der Waals surface area contributed by atoms with Gasteiger partial charge >= 0.3 is 6.09 Å². The molecule has 0 heterocycles. The van der Waals surface area contributed by atoms with Crippen molar-refractivity contribution in [2.45, 2.75) is 53.1 Å². The zero-order chi connectivity index (χ0) is 17.9. The Morgan fingerprint density at radius 2 is 2.00 bits per heavy atom. The summed E-state index contributed by atoms with van der Waals surface area (Å²) in [5.41, 5.74) is 0.500. The van der Waals surface area contributed by atoms with Gasteiger partial charge in [-0.3, -0.25) is 4.79 Å². The van der Waals surface area contributed by atoms with Crippen LogP contribution in [0.1, 0.15) is 47.5 Å². The van der Waals surface area contributed by atoms with Gasteiger partial charge in [-0.2, -0.15) is 0 Å². The molecule has 0 aliphatic heterocycles. The number of halogens is 1. The molecule has 1 N–H and O–H groups in total. The molecule has 0 spiro atoms. The van der Waals surface area contributed by atoms with Crippen LogP contribution in [0.2, 0.25) is 0 Å². The Morgan fingerprint density at radius 3 is 2.48 bits per heavy atom. The maximum atomic E-state index is 12.4. The van der Waals surface area contributed by atoms with E-state index >= 15 is 0 Å². The van der Waals surface area contributed by atoms with E-state index in [9.17, 15) is 9.59 Å². The summed E-state index contributed by atoms with van der Waals surface area (Å²) in [7, 11) is 0. The van der Waals surface area contributed by atoms with Crippen LogP contribution in [0.3, 0.4) is 0 Å². The summed E-state index contributed by atoms with van der Waals surface area (Å²) in [6.45, 7) is 11.1. The summed E-state index contributed by atoms with van der Waals surface area (Å²) in [6, 6.07) is 0. The summed E-state index contributed by atoms with van der Waals surface area (Å²) >= 11 is 3.50. The van der Waals surface area contributed by atoms with Crippen LogP contribution in [0.25, 0.3) is 0 Å². The lowest BCUT2D eigenvalue weighted by Gasteiger charge is -2.28. The number of rotatable bonds is 9. The van der Waals surface area contributed by atoms with E-state index in [0.29, 0.717) is 32.5 Å². The molecule has 0 saturated heterocycles. The number of nitrogens with one attached hydrogen (secondary N) is 1. The highest BCUT2D eigenvalue weighted by molar-refractivity contribution is 9.11. The number of nitrogens with zero attached hydrogens (tertiary/aromatic N) is 1. The molecule has 0 aromatic rings. The second-order valence-electron chi connectivity index (χ2n) is 6.14. The highest BCUT2D eigenvalue weighted by Crippen LogP contribution is 2.16. The Labute approximate surface area is 148 Å². The average molecular weight is 389 g/mol. The molecule has 0 radical (unpaired) electrons. The van der Waals surface area contributed by atoms with Crippen LogP contribution in [0.15, 0.2) is 22.2 Å². The fraction of sp³-hybridized carbons (Fsp3) is 0.647. The first-order valence-electron chi connectivity index (χ1n) is 7.89. The van der Waals surface area contributed by atoms with Crippen molar-refractivity contribution in [2.75, 3.05) is 19.6 Å². The number of allylic oxidation sites excluding steroid dienone is 2. The van der Waals surface area contributed by atoms with E-state index in [0.717, 1.165) is 16.5 Å². The summed E-state index contributed by atoms with van der Waals surface area (Å²) in [5.74, 6) is 0. The molecule has 2 amide bonds. The normalized spacial score (nSPS) is 12.8. The largest absolute Gasteiger partial charge is 0.444 e. The van der Waals surface area contributed by atoms with Gasteiger partial charge in [-0.05, 0) is 56.7 Å². The van der Waals surface area contributed by atoms with Gasteiger partial charge in [0, 0.05) is 19.6 Å². The second-order valence-corrected chi connectivity index (χ2v) is 7.15. The molecular weight excluding hydrogens is 360 g/mol. The minimum Gasteiger partial charge on any atom is -0.444 e. The van der Waals surface area contributed by atoms with Crippen LogP contribution >= 0.6 is 15.9 Å². The lowest BCUT2D eigenvalue weighted by Crippen LogP contribution is -2.39. The topological polar surface area (TPSA) is 58.6 Å². The molecule has 0 aliphatic carbocycles. The smallest absolute Gasteiger partial charge is 0.410 e. The van der Waals surface area contributed by atoms with Crippen molar-refractivity contribution in [3.63, 3.8) is 0 Å². The molecule has 0 fully saturated rings. The number of amides is 2. The van der Waals surface area contributed by atoms with Gasteiger partial charge < -0.3 is 15.0 Å². The zero-order valence-electron chi connectivity index (χ0n) is 14.8. The fourth-order valence-electron chi connectivity index (χ4n) is 1.74. The quantitative estimate of drug-likeness (QED) is 0.369. The van der Waals surface area contributed by atoms with Crippen molar-refractivity contribution in [1.29, 1.82) is 0 Å². The molecule has 0 rings (SSSR count). The summed E-state index contributed by atoms with van der Waals surface area (Å²) in [5, 5.41) is 2.61. The lowest BCUT2D eigenvalue weighted by atomic mass is 10.2. The van der Waals surface area contributed by atoms with E-state index in [1.807, 2.05) is 39.8 Å². The third-order valence-corrected chi connectivity index (χ3v) is 3.70. The minimum atomic E-state index is -0.535. The first-order chi connectivity index (χ1) is 10.7. The Hall–Kier alpha value is -1.30. The number of carbonyl (C=O) groups excluding carboxylic acids is 2. The molecule has 0 bridgehead atoms. The highest BCUT2D eigenvalue weighted by Gasteiger charge is 2.22. The summed E-state index contributed by atoms with van der Waals surface area (Å²) in [4.78, 5) is 24.4. The molecule has 5 nitrogen and oxygen atoms in total. The molecular formula is C17H29BrN2O3. The number of hydrogen-bond donors (Lipinski definition) is 1. The molecule has 6 heteroatoms. The first kappa shape index (κ1) is 21.7. The summed E-state index contributed by atoms with van der Waals surface area (Å²) in [6.07, 6.45) is 5.90. The van der Waals surface area contributed by atoms with Gasteiger partial charge in [-0.15, -0.1) is 0 Å². The van der Waals surface area contributed by atoms with Gasteiger partial charge in [-0.25, -0.2) is 4.79 Å². The van der Waals surface area contributed by atoms with Crippen LogP contribution in [0.5, 0.6) is 0 Å². The van der Waals surface area contributed by atoms with E-state index in [-0.39, 0.29) is 6.09 Å². The molecule has 23 heavy (non-hydrogen) atoms. The van der Waals surface area contributed by atoms with Crippen LogP contribution in [-0.2, 0) is 9.53 Å². The minimum absolute atomic E-state index is 0.344. The predicted octanol–water partition coefficient (Wildman–Crippen LogP) is 3.99. The average Bonchev–Trinajstić information content (AvgIpc) is 2.47. The summed E-state index contributed by atoms with van der Waals surface area (Å²) < 4.78 is 6.55. The fourth-order valence-corrected chi connectivity index (χ4v) is 2.03. The lowest BCUT2D eigenvalue weighted by molar-refractivity contribution is -0.109. The molecule has 0 atom stereocenters. The number of hydrogen-bond acceptors (Lipinski definition) is 3. The van der Waals surface area contributed by atoms with Crippen LogP contribution in [0, 0.1) is 0 Å². The number of ether oxygens (including phenoxy) is 1. The van der Waals surface area contributed by atoms with Crippen molar-refractivity contribution in [1.82, 2.24) is 10.2 Å². The zero-order valence-corrected chi connectivity index (χ0v) is 16.4. The SMILES string of the molecule is C/C=C(\C=C(\Br)CC)CN(CCCNC=O)C(=O)OC(C)(C)C. The molecule has 0 aliphatic rings. The van der Waals surface area contributed by atoms with E-state index < -0.39 is 5.60 Å². The third kappa shape index (κ3) is 11.0. The van der Waals surface area contributed by atoms with Crippen molar-refractivity contribution in [2.24, 2.45) is 0 Å². The number of carbonyl (C=O) groups is 2. The maximum Gasteiger partial charge on any atom is 0.410 e. The van der Waals surface area contributed by atoms with E-state index in [2.05, 4.69) is 28.2 Å². The Morgan fingerprint density at radius 1 is 1.35 bits per heavy atom. The van der Waals surface area contributed by atoms with Gasteiger partial charge in [0.15, 0.2) is 0 Å². The molecule has 0 aromatic carbocycles. The molecule has 0 saturated carbocycles. The van der Waals surface area contributed by atoms with Crippen LogP contribution < -0.4 is 5.32 Å². The van der Waals surface area contributed by atoms with Gasteiger partial charge in [0.05, 0.1) is 0 Å². The Kier molecular flexibility index (Phi) is 10.6. The molecule has 0 aromatic heterocycles. The Bertz CT molecular complexity index is 440. The van der Waals surface area contributed by atoms with Crippen LogP contribution in [-0.4, -0.2) is 42.6 Å². The molecule has 0 unspecified atom stereocenters. The van der Waals surface area contributed by atoms with Gasteiger partial charge in [0.1, 0.15) is 5.60 Å². The first-order valence-corrected chi connectivity index (χ1v) is 8.69. The standard InChI is InChI=1S/C17H29BrN2O3/c1-6-14(11-15(18)7-2)12-20(10-8-9-19-13-21)16(22)23-17(3,4)5/h6,11,13H,7-10,12H2,1-5H3,(H,19,21)/b14-6+,15-11+.